The number of benzene rings is 2. The van der Waals surface area contributed by atoms with Gasteiger partial charge in [-0.2, -0.15) is 0 Å². The van der Waals surface area contributed by atoms with Crippen molar-refractivity contribution >= 4 is 0 Å². The second kappa shape index (κ2) is 6.19. The van der Waals surface area contributed by atoms with E-state index in [4.69, 9.17) is 0 Å². The van der Waals surface area contributed by atoms with Crippen LogP contribution in [0.25, 0.3) is 11.1 Å². The Morgan fingerprint density at radius 3 is 2.36 bits per heavy atom. The van der Waals surface area contributed by atoms with E-state index in [9.17, 15) is 9.50 Å². The molecule has 0 aromatic heterocycles. The molecule has 1 N–H and O–H groups in total. The fraction of sp³-hybridized carbons (Fsp3) is 0.368. The molecule has 0 aliphatic carbocycles. The second-order valence-electron chi connectivity index (χ2n) is 6.03. The van der Waals surface area contributed by atoms with E-state index >= 15 is 0 Å². The number of rotatable bonds is 3. The highest BCUT2D eigenvalue weighted by molar-refractivity contribution is 5.64. The molecule has 1 aliphatic rings. The van der Waals surface area contributed by atoms with Crippen LogP contribution in [0.2, 0.25) is 0 Å². The van der Waals surface area contributed by atoms with Crippen LogP contribution in [-0.4, -0.2) is 29.6 Å². The molecule has 3 heteroatoms. The van der Waals surface area contributed by atoms with E-state index in [1.165, 1.54) is 6.07 Å². The van der Waals surface area contributed by atoms with Gasteiger partial charge in [-0.1, -0.05) is 49.4 Å². The van der Waals surface area contributed by atoms with E-state index in [1.807, 2.05) is 36.4 Å². The lowest BCUT2D eigenvalue weighted by atomic mass is 9.83. The van der Waals surface area contributed by atoms with Crippen molar-refractivity contribution < 1.29 is 9.50 Å². The predicted octanol–water partition coefficient (Wildman–Crippen LogP) is 3.80. The molecule has 1 aliphatic heterocycles. The van der Waals surface area contributed by atoms with Crippen LogP contribution in [0.5, 0.6) is 0 Å². The van der Waals surface area contributed by atoms with Crippen molar-refractivity contribution in [2.24, 2.45) is 0 Å². The first-order valence-corrected chi connectivity index (χ1v) is 7.92. The van der Waals surface area contributed by atoms with Crippen molar-refractivity contribution in [3.8, 4) is 11.1 Å². The number of hydrogen-bond acceptors (Lipinski definition) is 2. The highest BCUT2D eigenvalue weighted by Gasteiger charge is 2.34. The minimum absolute atomic E-state index is 0.268. The first-order chi connectivity index (χ1) is 10.6. The average Bonchev–Trinajstić information content (AvgIpc) is 2.56. The number of hydrogen-bond donors (Lipinski definition) is 1. The summed E-state index contributed by atoms with van der Waals surface area (Å²) in [6.07, 6.45) is 1.32. The van der Waals surface area contributed by atoms with E-state index in [0.717, 1.165) is 25.2 Å². The summed E-state index contributed by atoms with van der Waals surface area (Å²) in [5.74, 6) is -0.268. The van der Waals surface area contributed by atoms with Crippen LogP contribution in [0.1, 0.15) is 25.3 Å². The Bertz CT molecular complexity index is 633. The average molecular weight is 299 g/mol. The van der Waals surface area contributed by atoms with Crippen molar-refractivity contribution in [2.45, 2.75) is 25.4 Å². The maximum absolute atomic E-state index is 14.5. The van der Waals surface area contributed by atoms with E-state index in [0.29, 0.717) is 24.0 Å². The molecule has 3 rings (SSSR count). The molecule has 0 radical (unpaired) electrons. The van der Waals surface area contributed by atoms with Gasteiger partial charge < -0.3 is 10.0 Å². The fourth-order valence-corrected chi connectivity index (χ4v) is 3.18. The maximum atomic E-state index is 14.5. The van der Waals surface area contributed by atoms with Crippen molar-refractivity contribution in [1.29, 1.82) is 0 Å². The van der Waals surface area contributed by atoms with Crippen molar-refractivity contribution in [1.82, 2.24) is 4.90 Å². The molecule has 1 saturated heterocycles. The van der Waals surface area contributed by atoms with Gasteiger partial charge in [0, 0.05) is 18.7 Å². The lowest BCUT2D eigenvalue weighted by molar-refractivity contribution is -0.0248. The summed E-state index contributed by atoms with van der Waals surface area (Å²) in [6.45, 7) is 4.83. The van der Waals surface area contributed by atoms with Crippen LogP contribution >= 0.6 is 0 Å². The molecule has 1 fully saturated rings. The molecule has 2 aromatic carbocycles. The van der Waals surface area contributed by atoms with E-state index in [1.54, 1.807) is 6.07 Å². The Morgan fingerprint density at radius 2 is 1.77 bits per heavy atom. The molecule has 2 nitrogen and oxygen atoms in total. The minimum atomic E-state index is -0.901. The third-order valence-corrected chi connectivity index (χ3v) is 4.72. The first kappa shape index (κ1) is 15.2. The van der Waals surface area contributed by atoms with Gasteiger partial charge in [0.25, 0.3) is 0 Å². The molecule has 0 unspecified atom stereocenters. The zero-order chi connectivity index (χ0) is 15.6. The zero-order valence-electron chi connectivity index (χ0n) is 12.9. The molecule has 0 spiro atoms. The first-order valence-electron chi connectivity index (χ1n) is 7.92. The van der Waals surface area contributed by atoms with Crippen LogP contribution in [0.4, 0.5) is 4.39 Å². The minimum Gasteiger partial charge on any atom is -0.385 e. The van der Waals surface area contributed by atoms with Gasteiger partial charge in [0.1, 0.15) is 5.82 Å². The summed E-state index contributed by atoms with van der Waals surface area (Å²) in [5, 5.41) is 10.8. The molecule has 1 heterocycles. The summed E-state index contributed by atoms with van der Waals surface area (Å²) in [6, 6.07) is 14.7. The second-order valence-corrected chi connectivity index (χ2v) is 6.03. The van der Waals surface area contributed by atoms with Gasteiger partial charge in [-0.15, -0.1) is 0 Å². The highest BCUT2D eigenvalue weighted by Crippen LogP contribution is 2.35. The van der Waals surface area contributed by atoms with Gasteiger partial charge in [-0.25, -0.2) is 4.39 Å². The maximum Gasteiger partial charge on any atom is 0.131 e. The Hall–Kier alpha value is -1.71. The van der Waals surface area contributed by atoms with Crippen LogP contribution in [-0.2, 0) is 5.60 Å². The van der Waals surface area contributed by atoms with E-state index < -0.39 is 5.60 Å². The Labute approximate surface area is 131 Å². The highest BCUT2D eigenvalue weighted by atomic mass is 19.1. The SMILES string of the molecule is CCN1CCC(O)(c2ccc(-c3ccccc3)c(F)c2)CC1. The van der Waals surface area contributed by atoms with Crippen LogP contribution in [0.15, 0.2) is 48.5 Å². The van der Waals surface area contributed by atoms with Gasteiger partial charge in [0.15, 0.2) is 0 Å². The van der Waals surface area contributed by atoms with E-state index in [2.05, 4.69) is 11.8 Å². The lowest BCUT2D eigenvalue weighted by Crippen LogP contribution is -2.42. The third-order valence-electron chi connectivity index (χ3n) is 4.72. The van der Waals surface area contributed by atoms with Crippen LogP contribution in [0, 0.1) is 5.82 Å². The Morgan fingerprint density at radius 1 is 1.09 bits per heavy atom. The van der Waals surface area contributed by atoms with Gasteiger partial charge in [0.2, 0.25) is 0 Å². The molecule has 22 heavy (non-hydrogen) atoms. The monoisotopic (exact) mass is 299 g/mol. The molecule has 2 aromatic rings. The van der Waals surface area contributed by atoms with Crippen molar-refractivity contribution in [2.75, 3.05) is 19.6 Å². The Balaban J connectivity index is 1.86. The smallest absolute Gasteiger partial charge is 0.131 e. The fourth-order valence-electron chi connectivity index (χ4n) is 3.18. The van der Waals surface area contributed by atoms with Crippen molar-refractivity contribution in [3.63, 3.8) is 0 Å². The number of likely N-dealkylation sites (tertiary alicyclic amines) is 1. The van der Waals surface area contributed by atoms with Gasteiger partial charge in [-0.3, -0.25) is 0 Å². The van der Waals surface area contributed by atoms with Gasteiger partial charge in [-0.05, 0) is 36.6 Å². The van der Waals surface area contributed by atoms with Crippen LogP contribution in [0.3, 0.4) is 0 Å². The summed E-state index contributed by atoms with van der Waals surface area (Å²) in [4.78, 5) is 2.31. The normalized spacial score (nSPS) is 18.3. The van der Waals surface area contributed by atoms with Gasteiger partial charge in [0.05, 0.1) is 5.60 Å². The zero-order valence-corrected chi connectivity index (χ0v) is 12.9. The molecule has 0 bridgehead atoms. The quantitative estimate of drug-likeness (QED) is 0.932. The molecule has 0 atom stereocenters. The number of nitrogens with zero attached hydrogens (tertiary/aromatic N) is 1. The van der Waals surface area contributed by atoms with Crippen LogP contribution < -0.4 is 0 Å². The summed E-state index contributed by atoms with van der Waals surface area (Å²) >= 11 is 0. The molecular weight excluding hydrogens is 277 g/mol. The Kier molecular flexibility index (Phi) is 4.27. The molecule has 116 valence electrons. The summed E-state index contributed by atoms with van der Waals surface area (Å²) < 4.78 is 14.5. The predicted molar refractivity (Wildman–Crippen MR) is 87.1 cm³/mol. The topological polar surface area (TPSA) is 23.5 Å². The molecule has 0 saturated carbocycles. The summed E-state index contributed by atoms with van der Waals surface area (Å²) in [5.41, 5.74) is 1.24. The van der Waals surface area contributed by atoms with Crippen molar-refractivity contribution in [3.05, 3.63) is 59.9 Å². The van der Waals surface area contributed by atoms with Gasteiger partial charge >= 0.3 is 0 Å². The van der Waals surface area contributed by atoms with E-state index in [-0.39, 0.29) is 5.82 Å². The standard InChI is InChI=1S/C19H22FNO/c1-2-21-12-10-19(22,11-13-21)16-8-9-17(18(20)14-16)15-6-4-3-5-7-15/h3-9,14,22H,2,10-13H2,1H3. The number of halogens is 1. The summed E-state index contributed by atoms with van der Waals surface area (Å²) in [7, 11) is 0. The molecular formula is C19H22FNO. The third kappa shape index (κ3) is 2.92. The lowest BCUT2D eigenvalue weighted by Gasteiger charge is -2.38. The number of piperidine rings is 1. The molecule has 0 amide bonds. The number of aliphatic hydroxyl groups is 1. The largest absolute Gasteiger partial charge is 0.385 e.